The van der Waals surface area contributed by atoms with Gasteiger partial charge < -0.3 is 15.0 Å². The summed E-state index contributed by atoms with van der Waals surface area (Å²) in [5, 5.41) is 3.81. The van der Waals surface area contributed by atoms with Crippen molar-refractivity contribution < 1.29 is 14.3 Å². The number of rotatable bonds is 10. The van der Waals surface area contributed by atoms with Crippen molar-refractivity contribution in [1.29, 1.82) is 0 Å². The predicted molar refractivity (Wildman–Crippen MR) is 148 cm³/mol. The van der Waals surface area contributed by atoms with Gasteiger partial charge in [0, 0.05) is 24.0 Å². The third kappa shape index (κ3) is 7.59. The second-order valence-electron chi connectivity index (χ2n) is 9.90. The van der Waals surface area contributed by atoms with Gasteiger partial charge in [-0.05, 0) is 61.6 Å². The normalized spacial score (nSPS) is 14.2. The molecule has 1 saturated carbocycles. The van der Waals surface area contributed by atoms with Crippen molar-refractivity contribution >= 4 is 23.4 Å². The summed E-state index contributed by atoms with van der Waals surface area (Å²) in [6.45, 7) is 4.08. The molecule has 4 rings (SSSR count). The molecule has 3 aromatic carbocycles. The van der Waals surface area contributed by atoms with Crippen LogP contribution in [0.4, 0.5) is 0 Å². The maximum atomic E-state index is 13.7. The van der Waals surface area contributed by atoms with E-state index in [0.29, 0.717) is 17.2 Å². The van der Waals surface area contributed by atoms with E-state index < -0.39 is 6.04 Å². The van der Waals surface area contributed by atoms with Crippen molar-refractivity contribution in [3.05, 3.63) is 100 Å². The molecule has 0 unspecified atom stereocenters. The van der Waals surface area contributed by atoms with Gasteiger partial charge >= 0.3 is 0 Å². The molecule has 0 aliphatic heterocycles. The summed E-state index contributed by atoms with van der Waals surface area (Å²) in [5.41, 5.74) is 3.95. The third-order valence-corrected chi connectivity index (χ3v) is 7.13. The number of carbonyl (C=O) groups excluding carboxylic acids is 2. The topological polar surface area (TPSA) is 58.6 Å². The standard InChI is InChI=1S/C31H35ClN2O3/c1-22-15-16-29(23(2)17-22)37-21-30(35)34(20-25-11-8-12-26(32)18-25)28(19-24-9-4-3-5-10-24)31(36)33-27-13-6-7-14-27/h3-5,8-12,15-18,27-28H,6-7,13-14,19-21H2,1-2H3,(H,33,36)/t28-/m0/s1. The Hall–Kier alpha value is -3.31. The molecule has 2 amide bonds. The van der Waals surface area contributed by atoms with E-state index >= 15 is 0 Å². The van der Waals surface area contributed by atoms with Gasteiger partial charge in [0.1, 0.15) is 11.8 Å². The maximum absolute atomic E-state index is 13.7. The van der Waals surface area contributed by atoms with Crippen LogP contribution in [0.3, 0.4) is 0 Å². The summed E-state index contributed by atoms with van der Waals surface area (Å²) in [6, 6.07) is 22.6. The first kappa shape index (κ1) is 26.7. The van der Waals surface area contributed by atoms with E-state index in [0.717, 1.165) is 47.9 Å². The van der Waals surface area contributed by atoms with Crippen LogP contribution in [0, 0.1) is 13.8 Å². The molecule has 0 radical (unpaired) electrons. The number of ether oxygens (including phenoxy) is 1. The lowest BCUT2D eigenvalue weighted by Gasteiger charge is -2.32. The van der Waals surface area contributed by atoms with Gasteiger partial charge in [-0.15, -0.1) is 0 Å². The van der Waals surface area contributed by atoms with Gasteiger partial charge in [0.2, 0.25) is 5.91 Å². The minimum absolute atomic E-state index is 0.127. The molecule has 1 aliphatic carbocycles. The highest BCUT2D eigenvalue weighted by Gasteiger charge is 2.32. The van der Waals surface area contributed by atoms with Crippen molar-refractivity contribution in [2.75, 3.05) is 6.61 Å². The highest BCUT2D eigenvalue weighted by molar-refractivity contribution is 6.30. The number of hydrogen-bond donors (Lipinski definition) is 1. The lowest BCUT2D eigenvalue weighted by atomic mass is 10.0. The lowest BCUT2D eigenvalue weighted by Crippen LogP contribution is -2.53. The Bertz CT molecular complexity index is 1210. The number of nitrogens with zero attached hydrogens (tertiary/aromatic N) is 1. The first-order valence-electron chi connectivity index (χ1n) is 13.0. The largest absolute Gasteiger partial charge is 0.483 e. The number of amides is 2. The van der Waals surface area contributed by atoms with Crippen LogP contribution in [-0.2, 0) is 22.6 Å². The molecule has 0 bridgehead atoms. The van der Waals surface area contributed by atoms with E-state index in [-0.39, 0.29) is 31.0 Å². The Kier molecular flexibility index (Phi) is 9.24. The van der Waals surface area contributed by atoms with Crippen LogP contribution in [0.2, 0.25) is 5.02 Å². The Morgan fingerprint density at radius 3 is 2.41 bits per heavy atom. The Morgan fingerprint density at radius 1 is 0.973 bits per heavy atom. The van der Waals surface area contributed by atoms with Crippen molar-refractivity contribution in [3.8, 4) is 5.75 Å². The number of halogens is 1. The molecule has 0 spiro atoms. The zero-order chi connectivity index (χ0) is 26.2. The molecule has 0 saturated heterocycles. The molecular formula is C31H35ClN2O3. The summed E-state index contributed by atoms with van der Waals surface area (Å²) in [5.74, 6) is 0.289. The third-order valence-electron chi connectivity index (χ3n) is 6.90. The Labute approximate surface area is 224 Å². The fourth-order valence-corrected chi connectivity index (χ4v) is 5.15. The van der Waals surface area contributed by atoms with Crippen LogP contribution < -0.4 is 10.1 Å². The zero-order valence-electron chi connectivity index (χ0n) is 21.6. The van der Waals surface area contributed by atoms with E-state index in [9.17, 15) is 9.59 Å². The fraction of sp³-hybridized carbons (Fsp3) is 0.355. The second-order valence-corrected chi connectivity index (χ2v) is 10.3. The van der Waals surface area contributed by atoms with Gasteiger partial charge in [0.15, 0.2) is 6.61 Å². The molecular weight excluding hydrogens is 484 g/mol. The van der Waals surface area contributed by atoms with Crippen LogP contribution in [0.1, 0.15) is 47.9 Å². The molecule has 37 heavy (non-hydrogen) atoms. The van der Waals surface area contributed by atoms with E-state index in [2.05, 4.69) is 5.32 Å². The molecule has 6 heteroatoms. The minimum Gasteiger partial charge on any atom is -0.483 e. The van der Waals surface area contributed by atoms with E-state index in [1.54, 1.807) is 11.0 Å². The predicted octanol–water partition coefficient (Wildman–Crippen LogP) is 6.03. The van der Waals surface area contributed by atoms with Crippen LogP contribution in [0.5, 0.6) is 5.75 Å². The molecule has 5 nitrogen and oxygen atoms in total. The van der Waals surface area contributed by atoms with Gasteiger partial charge in [-0.25, -0.2) is 0 Å². The average Bonchev–Trinajstić information content (AvgIpc) is 3.39. The Morgan fingerprint density at radius 2 is 1.70 bits per heavy atom. The zero-order valence-corrected chi connectivity index (χ0v) is 22.3. The fourth-order valence-electron chi connectivity index (χ4n) is 4.94. The number of benzene rings is 3. The number of aryl methyl sites for hydroxylation is 2. The van der Waals surface area contributed by atoms with Gasteiger partial charge in [0.25, 0.3) is 5.91 Å². The summed E-state index contributed by atoms with van der Waals surface area (Å²) < 4.78 is 5.96. The molecule has 1 atom stereocenters. The summed E-state index contributed by atoms with van der Waals surface area (Å²) in [7, 11) is 0. The molecule has 3 aromatic rings. The lowest BCUT2D eigenvalue weighted by molar-refractivity contribution is -0.143. The van der Waals surface area contributed by atoms with Crippen molar-refractivity contribution in [1.82, 2.24) is 10.2 Å². The van der Waals surface area contributed by atoms with Gasteiger partial charge in [-0.2, -0.15) is 0 Å². The summed E-state index contributed by atoms with van der Waals surface area (Å²) >= 11 is 6.26. The maximum Gasteiger partial charge on any atom is 0.261 e. The number of nitrogens with one attached hydrogen (secondary N) is 1. The number of carbonyl (C=O) groups is 2. The molecule has 1 aliphatic rings. The average molecular weight is 519 g/mol. The van der Waals surface area contributed by atoms with Crippen LogP contribution in [0.15, 0.2) is 72.8 Å². The number of hydrogen-bond acceptors (Lipinski definition) is 3. The van der Waals surface area contributed by atoms with E-state index in [1.165, 1.54) is 0 Å². The molecule has 1 fully saturated rings. The highest BCUT2D eigenvalue weighted by atomic mass is 35.5. The monoisotopic (exact) mass is 518 g/mol. The summed E-state index contributed by atoms with van der Waals surface area (Å²) in [6.07, 6.45) is 4.59. The van der Waals surface area contributed by atoms with Crippen LogP contribution >= 0.6 is 11.6 Å². The van der Waals surface area contributed by atoms with Crippen molar-refractivity contribution in [2.45, 2.75) is 64.6 Å². The van der Waals surface area contributed by atoms with Crippen LogP contribution in [0.25, 0.3) is 0 Å². The quantitative estimate of drug-likeness (QED) is 0.356. The molecule has 0 aromatic heterocycles. The smallest absolute Gasteiger partial charge is 0.261 e. The van der Waals surface area contributed by atoms with Crippen molar-refractivity contribution in [3.63, 3.8) is 0 Å². The van der Waals surface area contributed by atoms with Gasteiger partial charge in [0.05, 0.1) is 0 Å². The second kappa shape index (κ2) is 12.8. The SMILES string of the molecule is Cc1ccc(OCC(=O)N(Cc2cccc(Cl)c2)[C@@H](Cc2ccccc2)C(=O)NC2CCCC2)c(C)c1. The van der Waals surface area contributed by atoms with Crippen LogP contribution in [-0.4, -0.2) is 35.4 Å². The first-order chi connectivity index (χ1) is 17.9. The Balaban J connectivity index is 1.62. The molecule has 1 N–H and O–H groups in total. The summed E-state index contributed by atoms with van der Waals surface area (Å²) in [4.78, 5) is 29.1. The minimum atomic E-state index is -0.683. The highest BCUT2D eigenvalue weighted by Crippen LogP contribution is 2.22. The molecule has 194 valence electrons. The van der Waals surface area contributed by atoms with E-state index in [4.69, 9.17) is 16.3 Å². The first-order valence-corrected chi connectivity index (χ1v) is 13.3. The van der Waals surface area contributed by atoms with Gasteiger partial charge in [-0.3, -0.25) is 9.59 Å². The van der Waals surface area contributed by atoms with Crippen molar-refractivity contribution in [2.24, 2.45) is 0 Å². The van der Waals surface area contributed by atoms with E-state index in [1.807, 2.05) is 80.6 Å². The molecule has 0 heterocycles. The van der Waals surface area contributed by atoms with Gasteiger partial charge in [-0.1, -0.05) is 84.6 Å².